The van der Waals surface area contributed by atoms with E-state index < -0.39 is 0 Å². The second-order valence-electron chi connectivity index (χ2n) is 10.7. The summed E-state index contributed by atoms with van der Waals surface area (Å²) >= 11 is 30.1. The van der Waals surface area contributed by atoms with Gasteiger partial charge in [-0.3, -0.25) is 0 Å². The first-order valence-electron chi connectivity index (χ1n) is 13.8. The van der Waals surface area contributed by atoms with Gasteiger partial charge in [0.15, 0.2) is 23.3 Å². The number of aromatic nitrogens is 8. The summed E-state index contributed by atoms with van der Waals surface area (Å²) in [7, 11) is 0. The zero-order valence-corrected chi connectivity index (χ0v) is 36.0. The van der Waals surface area contributed by atoms with E-state index in [2.05, 4.69) is 137 Å². The highest BCUT2D eigenvalue weighted by Crippen LogP contribution is 2.47. The van der Waals surface area contributed by atoms with Gasteiger partial charge in [0, 0.05) is 79.6 Å². The third kappa shape index (κ3) is 4.83. The molecule has 0 amide bonds. The van der Waals surface area contributed by atoms with Crippen LogP contribution in [0.4, 0.5) is 0 Å². The van der Waals surface area contributed by atoms with E-state index in [4.69, 9.17) is 29.9 Å². The molecule has 5 heterocycles. The predicted molar refractivity (Wildman–Crippen MR) is 218 cm³/mol. The number of aromatic amines is 2. The first kappa shape index (κ1) is 32.0. The summed E-state index contributed by atoms with van der Waals surface area (Å²) in [5.41, 5.74) is 5.52. The third-order valence-corrected chi connectivity index (χ3v) is 13.3. The second kappa shape index (κ2) is 11.8. The third-order valence-electron chi connectivity index (χ3n) is 8.02. The van der Waals surface area contributed by atoms with Crippen LogP contribution in [0.1, 0.15) is 0 Å². The molecule has 9 rings (SSSR count). The molecule has 0 spiro atoms. The van der Waals surface area contributed by atoms with Crippen LogP contribution >= 0.6 is 127 Å². The summed E-state index contributed by atoms with van der Waals surface area (Å²) in [4.78, 5) is 37.6. The number of hydrogen-bond acceptors (Lipinski definition) is 6. The minimum atomic E-state index is 0.484. The van der Waals surface area contributed by atoms with Crippen LogP contribution in [-0.2, 0) is 0 Å². The Hall–Kier alpha value is -1.92. The van der Waals surface area contributed by atoms with E-state index in [9.17, 15) is 0 Å². The van der Waals surface area contributed by atoms with Crippen LogP contribution in [0.2, 0.25) is 0 Å². The van der Waals surface area contributed by atoms with Crippen molar-refractivity contribution in [3.05, 3.63) is 84.3 Å². The Bertz CT molecular complexity index is 2420. The smallest absolute Gasteiger partial charge is 0.165 e. The van der Waals surface area contributed by atoms with E-state index in [-0.39, 0.29) is 0 Å². The van der Waals surface area contributed by atoms with Crippen molar-refractivity contribution in [1.29, 1.82) is 0 Å². The van der Waals surface area contributed by atoms with Gasteiger partial charge in [0.05, 0.1) is 0 Å². The van der Waals surface area contributed by atoms with Gasteiger partial charge in [-0.2, -0.15) is 0 Å². The lowest BCUT2D eigenvalue weighted by Gasteiger charge is -2.04. The number of nitrogens with zero attached hydrogens (tertiary/aromatic N) is 6. The highest BCUT2D eigenvalue weighted by atomic mass is 79.9. The zero-order chi connectivity index (χ0) is 33.2. The molecule has 0 aliphatic carbocycles. The van der Waals surface area contributed by atoms with Gasteiger partial charge in [0.2, 0.25) is 0 Å². The van der Waals surface area contributed by atoms with Gasteiger partial charge in [0.25, 0.3) is 0 Å². The topological polar surface area (TPSA) is 109 Å². The number of nitrogens with one attached hydrogen (secondary N) is 2. The Balaban J connectivity index is 1.57. The number of fused-ring (bicyclic) bond motifs is 20. The fourth-order valence-electron chi connectivity index (χ4n) is 5.99. The van der Waals surface area contributed by atoms with E-state index in [1.165, 1.54) is 0 Å². The highest BCUT2D eigenvalue weighted by molar-refractivity contribution is 9.12. The molecule has 48 heavy (non-hydrogen) atoms. The summed E-state index contributed by atoms with van der Waals surface area (Å²) in [6.07, 6.45) is 0. The van der Waals surface area contributed by atoms with Crippen molar-refractivity contribution in [2.45, 2.75) is 0 Å². The van der Waals surface area contributed by atoms with Gasteiger partial charge < -0.3 is 9.97 Å². The largest absolute Gasteiger partial charge is 0.324 e. The fourth-order valence-corrected chi connectivity index (χ4v) is 10.1. The molecule has 16 heteroatoms. The van der Waals surface area contributed by atoms with Gasteiger partial charge in [-0.1, -0.05) is 127 Å². The molecule has 8 nitrogen and oxygen atoms in total. The minimum Gasteiger partial charge on any atom is -0.324 e. The average Bonchev–Trinajstić information content (AvgIpc) is 3.80. The molecule has 2 N–H and O–H groups in total. The van der Waals surface area contributed by atoms with Crippen molar-refractivity contribution in [2.24, 2.45) is 0 Å². The summed E-state index contributed by atoms with van der Waals surface area (Å²) < 4.78 is 6.70. The first-order valence-corrected chi connectivity index (χ1v) is 20.2. The van der Waals surface area contributed by atoms with E-state index in [1.807, 2.05) is 48.5 Å². The van der Waals surface area contributed by atoms with Crippen LogP contribution in [-0.4, -0.2) is 39.9 Å². The number of hydrogen-bond donors (Lipinski definition) is 2. The second-order valence-corrected chi connectivity index (χ2v) is 17.6. The normalized spacial score (nSPS) is 12.2. The summed E-state index contributed by atoms with van der Waals surface area (Å²) in [5.74, 6) is 1.94. The molecule has 0 fully saturated rings. The number of benzene rings is 4. The van der Waals surface area contributed by atoms with Gasteiger partial charge in [-0.05, 0) is 48.5 Å². The zero-order valence-electron chi connectivity index (χ0n) is 23.3. The Morgan fingerprint density at radius 2 is 0.500 bits per heavy atom. The number of halogens is 8. The predicted octanol–water partition coefficient (Wildman–Crippen LogP) is 13.0. The van der Waals surface area contributed by atoms with Gasteiger partial charge >= 0.3 is 0 Å². The molecule has 0 radical (unpaired) electrons. The molecule has 3 aromatic heterocycles. The average molecular weight is 1150 g/mol. The molecule has 0 saturated carbocycles. The van der Waals surface area contributed by atoms with Crippen LogP contribution in [0.5, 0.6) is 0 Å². The molecular weight excluding hydrogens is 1140 g/mol. The van der Waals surface area contributed by atoms with Crippen LogP contribution in [0.15, 0.2) is 84.3 Å². The Morgan fingerprint density at radius 1 is 0.292 bits per heavy atom. The number of H-pyrrole nitrogens is 2. The molecule has 7 aromatic rings. The van der Waals surface area contributed by atoms with E-state index in [0.717, 1.165) is 79.6 Å². The summed E-state index contributed by atoms with van der Waals surface area (Å²) in [6.45, 7) is 0. The van der Waals surface area contributed by atoms with Crippen LogP contribution in [0.3, 0.4) is 0 Å². The number of rotatable bonds is 0. The lowest BCUT2D eigenvalue weighted by Crippen LogP contribution is -1.86. The van der Waals surface area contributed by atoms with Crippen LogP contribution in [0, 0.1) is 0 Å². The highest BCUT2D eigenvalue weighted by Gasteiger charge is 2.28. The maximum Gasteiger partial charge on any atom is 0.165 e. The molecule has 2 aliphatic rings. The van der Waals surface area contributed by atoms with Crippen molar-refractivity contribution < 1.29 is 0 Å². The summed E-state index contributed by atoms with van der Waals surface area (Å²) in [6, 6.07) is 15.8. The molecule has 0 unspecified atom stereocenters. The van der Waals surface area contributed by atoms with Crippen molar-refractivity contribution in [3.63, 3.8) is 0 Å². The molecule has 8 bridgehead atoms. The minimum absolute atomic E-state index is 0.484. The molecule has 0 saturated heterocycles. The summed E-state index contributed by atoms with van der Waals surface area (Å²) in [5, 5.41) is 3.34. The lowest BCUT2D eigenvalue weighted by atomic mass is 10.1. The molecule has 234 valence electrons. The fraction of sp³-hybridized carbons (Fsp3) is 0. The van der Waals surface area contributed by atoms with Crippen molar-refractivity contribution in [1.82, 2.24) is 39.9 Å². The molecule has 2 aliphatic heterocycles. The molecule has 0 atom stereocenters. The van der Waals surface area contributed by atoms with Crippen LogP contribution < -0.4 is 0 Å². The Kier molecular flexibility index (Phi) is 7.89. The van der Waals surface area contributed by atoms with Gasteiger partial charge in [-0.25, -0.2) is 29.9 Å². The van der Waals surface area contributed by atoms with E-state index >= 15 is 0 Å². The van der Waals surface area contributed by atoms with Crippen molar-refractivity contribution >= 4 is 172 Å². The van der Waals surface area contributed by atoms with Crippen molar-refractivity contribution in [3.8, 4) is 45.6 Å². The maximum absolute atomic E-state index is 5.15. The molecular formula is C32H10Br8N8. The maximum atomic E-state index is 5.15. The first-order chi connectivity index (χ1) is 23.1. The lowest BCUT2D eigenvalue weighted by molar-refractivity contribution is 1.19. The molecule has 4 aromatic carbocycles. The van der Waals surface area contributed by atoms with Gasteiger partial charge in [-0.15, -0.1) is 0 Å². The van der Waals surface area contributed by atoms with E-state index in [1.54, 1.807) is 0 Å². The van der Waals surface area contributed by atoms with E-state index in [0.29, 0.717) is 45.9 Å². The van der Waals surface area contributed by atoms with Crippen LogP contribution in [0.25, 0.3) is 89.7 Å². The van der Waals surface area contributed by atoms with Crippen molar-refractivity contribution in [2.75, 3.05) is 0 Å². The monoisotopic (exact) mass is 1140 g/mol. The standard InChI is InChI=1S/C32H10Br8N8/c33-9-1-2-10(34)18-17(9)25-41-26(18)46-28-21-13(37)5-6-14(38)22(21)30(43-28)48-32-24-16(40)8-7-15(39)23(24)31(44-32)47-29-20-12(36)4-3-11(35)19(20)27(42-29)45-25/h1-8H,(H2,41,42,43,44,45,46,47,48). The quantitative estimate of drug-likeness (QED) is 0.157. The Labute approximate surface area is 337 Å². The van der Waals surface area contributed by atoms with Gasteiger partial charge in [0.1, 0.15) is 22.6 Å². The SMILES string of the molecule is Brc1ccc(Br)c2c1-c1nc-2nc2[nH]c(nc3nc(nc4[nH]c(n1)c1c(Br)ccc(Br)c41)-c1c(Br)ccc(Br)c1-3)c1c(Br)ccc(Br)c21. The Morgan fingerprint density at radius 3 is 0.729 bits per heavy atom.